The number of aliphatic hydroxyl groups excluding tert-OH is 2. The Hall–Kier alpha value is -3.34. The first kappa shape index (κ1) is 35.7. The third-order valence-electron chi connectivity index (χ3n) is 6.67. The number of carboxylic acids is 1. The number of carbonyl (C=O) groups is 6. The van der Waals surface area contributed by atoms with E-state index in [2.05, 4.69) is 21.3 Å². The van der Waals surface area contributed by atoms with Crippen molar-refractivity contribution in [1.82, 2.24) is 26.2 Å². The normalized spacial score (nSPS) is 20.0. The fraction of sp³-hybridized carbons (Fsp3) is 0.760. The summed E-state index contributed by atoms with van der Waals surface area (Å²) in [6.45, 7) is 5.78. The molecule has 1 heterocycles. The molecule has 8 atom stereocenters. The van der Waals surface area contributed by atoms with Gasteiger partial charge in [-0.3, -0.25) is 24.0 Å². The van der Waals surface area contributed by atoms with E-state index in [1.807, 2.05) is 0 Å². The summed E-state index contributed by atoms with van der Waals surface area (Å²) in [7, 11) is 0. The van der Waals surface area contributed by atoms with Crippen LogP contribution in [0.25, 0.3) is 0 Å². The first-order valence-electron chi connectivity index (χ1n) is 13.7. The maximum Gasteiger partial charge on any atom is 0.326 e. The highest BCUT2D eigenvalue weighted by Gasteiger charge is 2.38. The van der Waals surface area contributed by atoms with Gasteiger partial charge in [-0.15, -0.1) is 0 Å². The molecule has 0 bridgehead atoms. The maximum atomic E-state index is 13.1. The minimum Gasteiger partial charge on any atom is -0.480 e. The first-order chi connectivity index (χ1) is 19.1. The van der Waals surface area contributed by atoms with Gasteiger partial charge >= 0.3 is 5.97 Å². The minimum atomic E-state index is -1.59. The molecule has 16 nitrogen and oxygen atoms in total. The number of carbonyl (C=O) groups excluding carboxylic acids is 5. The zero-order valence-electron chi connectivity index (χ0n) is 24.0. The number of hydrogen-bond acceptors (Lipinski definition) is 10. The van der Waals surface area contributed by atoms with E-state index in [9.17, 15) is 44.1 Å². The van der Waals surface area contributed by atoms with Gasteiger partial charge < -0.3 is 53.0 Å². The van der Waals surface area contributed by atoms with Crippen LogP contribution in [-0.2, 0) is 28.8 Å². The highest BCUT2D eigenvalue weighted by Crippen LogP contribution is 2.18. The average Bonchev–Trinajstić information content (AvgIpc) is 3.38. The Morgan fingerprint density at radius 2 is 1.37 bits per heavy atom. The Morgan fingerprint density at radius 3 is 1.85 bits per heavy atom. The van der Waals surface area contributed by atoms with Gasteiger partial charge in [-0.1, -0.05) is 0 Å². The summed E-state index contributed by atoms with van der Waals surface area (Å²) < 4.78 is 0. The zero-order valence-corrected chi connectivity index (χ0v) is 24.0. The standard InChI is InChI=1S/C25H45N7O9/c1-12(27)20(35)29-16(8-5-6-10-26)21(36)30-19(15(4)34)23(38)31-18(14(3)33)22(37)28-13(2)24(39)32-11-7-9-17(32)25(40)41/h12-19,33-34H,5-11,26-27H2,1-4H3,(H,28,37)(H,29,35)(H,30,36)(H,31,38)(H,40,41)/t12-,13-,14+,15+,16-,17-,18-,19-/m0/s1. The van der Waals surface area contributed by atoms with Gasteiger partial charge in [-0.2, -0.15) is 0 Å². The predicted molar refractivity (Wildman–Crippen MR) is 146 cm³/mol. The highest BCUT2D eigenvalue weighted by molar-refractivity contribution is 5.96. The van der Waals surface area contributed by atoms with E-state index in [-0.39, 0.29) is 19.4 Å². The van der Waals surface area contributed by atoms with Crippen molar-refractivity contribution in [3.05, 3.63) is 0 Å². The van der Waals surface area contributed by atoms with Crippen molar-refractivity contribution in [2.24, 2.45) is 11.5 Å². The van der Waals surface area contributed by atoms with Crippen LogP contribution in [0.5, 0.6) is 0 Å². The van der Waals surface area contributed by atoms with Crippen molar-refractivity contribution < 1.29 is 44.1 Å². The molecule has 1 saturated heterocycles. The van der Waals surface area contributed by atoms with Crippen molar-refractivity contribution in [1.29, 1.82) is 0 Å². The van der Waals surface area contributed by atoms with E-state index in [4.69, 9.17) is 11.5 Å². The van der Waals surface area contributed by atoms with Crippen molar-refractivity contribution in [3.8, 4) is 0 Å². The summed E-state index contributed by atoms with van der Waals surface area (Å²) >= 11 is 0. The van der Waals surface area contributed by atoms with E-state index in [1.54, 1.807) is 0 Å². The summed E-state index contributed by atoms with van der Waals surface area (Å²) in [6.07, 6.45) is -0.910. The minimum absolute atomic E-state index is 0.181. The van der Waals surface area contributed by atoms with Crippen LogP contribution in [0.3, 0.4) is 0 Å². The molecule has 0 radical (unpaired) electrons. The summed E-state index contributed by atoms with van der Waals surface area (Å²) in [6, 6.07) is -7.35. The molecule has 0 aromatic heterocycles. The fourth-order valence-electron chi connectivity index (χ4n) is 4.27. The Bertz CT molecular complexity index is 944. The lowest BCUT2D eigenvalue weighted by Gasteiger charge is -2.29. The summed E-state index contributed by atoms with van der Waals surface area (Å²) in [5.41, 5.74) is 11.1. The molecule has 0 saturated carbocycles. The second-order valence-corrected chi connectivity index (χ2v) is 10.3. The number of amides is 5. The number of unbranched alkanes of at least 4 members (excludes halogenated alkanes) is 1. The average molecular weight is 588 g/mol. The quantitative estimate of drug-likeness (QED) is 0.0792. The van der Waals surface area contributed by atoms with Crippen LogP contribution in [-0.4, -0.2) is 117 Å². The Labute approximate surface area is 238 Å². The van der Waals surface area contributed by atoms with Crippen LogP contribution in [0.15, 0.2) is 0 Å². The van der Waals surface area contributed by atoms with E-state index in [0.29, 0.717) is 25.8 Å². The molecular formula is C25H45N7O9. The van der Waals surface area contributed by atoms with Gasteiger partial charge in [0, 0.05) is 6.54 Å². The van der Waals surface area contributed by atoms with Crippen molar-refractivity contribution >= 4 is 35.5 Å². The number of nitrogens with two attached hydrogens (primary N) is 2. The molecule has 16 heteroatoms. The van der Waals surface area contributed by atoms with Crippen LogP contribution in [0.2, 0.25) is 0 Å². The lowest BCUT2D eigenvalue weighted by molar-refractivity contribution is -0.149. The second kappa shape index (κ2) is 16.8. The highest BCUT2D eigenvalue weighted by atomic mass is 16.4. The Balaban J connectivity index is 2.97. The van der Waals surface area contributed by atoms with Gasteiger partial charge in [0.2, 0.25) is 29.5 Å². The number of rotatable bonds is 16. The summed E-state index contributed by atoms with van der Waals surface area (Å²) in [5, 5.41) is 39.3. The summed E-state index contributed by atoms with van der Waals surface area (Å²) in [4.78, 5) is 76.4. The first-order valence-corrected chi connectivity index (χ1v) is 13.7. The fourth-order valence-corrected chi connectivity index (χ4v) is 4.27. The number of carboxylic acid groups (broad SMARTS) is 1. The SMILES string of the molecule is C[C@H](N)C(=O)N[C@@H](CCCCN)C(=O)N[C@H](C(=O)N[C@H](C(=O)N[C@@H](C)C(=O)N1CCC[C@H]1C(=O)O)[C@@H](C)O)[C@@H](C)O. The Kier molecular flexibility index (Phi) is 14.6. The van der Waals surface area contributed by atoms with Gasteiger partial charge in [0.05, 0.1) is 18.2 Å². The van der Waals surface area contributed by atoms with E-state index < -0.39 is 84.0 Å². The molecule has 1 rings (SSSR count). The lowest BCUT2D eigenvalue weighted by atomic mass is 10.1. The summed E-state index contributed by atoms with van der Waals surface area (Å²) in [5.74, 6) is -5.14. The molecule has 0 aliphatic carbocycles. The molecule has 41 heavy (non-hydrogen) atoms. The molecule has 0 aromatic rings. The van der Waals surface area contributed by atoms with Gasteiger partial charge in [0.25, 0.3) is 0 Å². The largest absolute Gasteiger partial charge is 0.480 e. The third kappa shape index (κ3) is 10.9. The zero-order chi connectivity index (χ0) is 31.4. The number of aliphatic carboxylic acids is 1. The number of aliphatic hydroxyl groups is 2. The molecule has 234 valence electrons. The molecule has 0 unspecified atom stereocenters. The number of nitrogens with one attached hydrogen (secondary N) is 4. The molecular weight excluding hydrogens is 542 g/mol. The van der Waals surface area contributed by atoms with Crippen molar-refractivity contribution in [2.75, 3.05) is 13.1 Å². The number of nitrogens with zero attached hydrogens (tertiary/aromatic N) is 1. The van der Waals surface area contributed by atoms with Gasteiger partial charge in [-0.25, -0.2) is 4.79 Å². The maximum absolute atomic E-state index is 13.1. The van der Waals surface area contributed by atoms with Gasteiger partial charge in [0.1, 0.15) is 30.2 Å². The molecule has 1 aliphatic rings. The molecule has 0 spiro atoms. The van der Waals surface area contributed by atoms with Crippen molar-refractivity contribution in [2.45, 2.75) is 108 Å². The molecule has 0 aromatic carbocycles. The monoisotopic (exact) mass is 587 g/mol. The van der Waals surface area contributed by atoms with Crippen LogP contribution >= 0.6 is 0 Å². The molecule has 1 fully saturated rings. The smallest absolute Gasteiger partial charge is 0.326 e. The topological polar surface area (TPSA) is 267 Å². The van der Waals surface area contributed by atoms with Crippen molar-refractivity contribution in [3.63, 3.8) is 0 Å². The lowest BCUT2D eigenvalue weighted by Crippen LogP contribution is -2.62. The Morgan fingerprint density at radius 1 is 0.829 bits per heavy atom. The molecule has 5 amide bonds. The number of likely N-dealkylation sites (tertiary alicyclic amines) is 1. The predicted octanol–water partition coefficient (Wildman–Crippen LogP) is -3.74. The van der Waals surface area contributed by atoms with Crippen LogP contribution in [0.4, 0.5) is 0 Å². The van der Waals surface area contributed by atoms with E-state index in [0.717, 1.165) is 4.90 Å². The van der Waals surface area contributed by atoms with E-state index in [1.165, 1.54) is 27.7 Å². The third-order valence-corrected chi connectivity index (χ3v) is 6.67. The van der Waals surface area contributed by atoms with Crippen LogP contribution < -0.4 is 32.7 Å². The molecule has 11 N–H and O–H groups in total. The number of hydrogen-bond donors (Lipinski definition) is 9. The molecule has 1 aliphatic heterocycles. The van der Waals surface area contributed by atoms with Gasteiger partial charge in [0.15, 0.2) is 0 Å². The van der Waals surface area contributed by atoms with E-state index >= 15 is 0 Å². The van der Waals surface area contributed by atoms with Gasteiger partial charge in [-0.05, 0) is 66.3 Å². The van der Waals surface area contributed by atoms with Crippen LogP contribution in [0.1, 0.15) is 59.8 Å². The van der Waals surface area contributed by atoms with Crippen LogP contribution in [0, 0.1) is 0 Å². The second-order valence-electron chi connectivity index (χ2n) is 10.3.